The highest BCUT2D eigenvalue weighted by atomic mass is 32.1. The van der Waals surface area contributed by atoms with Crippen molar-refractivity contribution in [3.8, 4) is 0 Å². The molecule has 0 aromatic carbocycles. The van der Waals surface area contributed by atoms with E-state index in [0.29, 0.717) is 18.0 Å². The van der Waals surface area contributed by atoms with Gasteiger partial charge in [-0.25, -0.2) is 4.98 Å². The van der Waals surface area contributed by atoms with Crippen LogP contribution in [0.4, 0.5) is 5.13 Å². The third-order valence-corrected chi connectivity index (χ3v) is 3.15. The first-order chi connectivity index (χ1) is 9.15. The lowest BCUT2D eigenvalue weighted by Crippen LogP contribution is -2.10. The fourth-order valence-electron chi connectivity index (χ4n) is 1.47. The van der Waals surface area contributed by atoms with Gasteiger partial charge in [-0.05, 0) is 25.0 Å². The predicted octanol–water partition coefficient (Wildman–Crippen LogP) is 2.40. The second-order valence-electron chi connectivity index (χ2n) is 3.82. The maximum Gasteiger partial charge on any atom is 0.303 e. The molecule has 0 radical (unpaired) electrons. The topological polar surface area (TPSA) is 92.4 Å². The Bertz CT molecular complexity index is 562. The molecule has 0 saturated carbocycles. The molecule has 0 bridgehead atoms. The number of aliphatic carboxylic acids is 1. The van der Waals surface area contributed by atoms with Gasteiger partial charge in [0.25, 0.3) is 5.91 Å². The van der Waals surface area contributed by atoms with Crippen molar-refractivity contribution in [1.82, 2.24) is 4.98 Å². The number of anilines is 1. The number of carbonyl (C=O) groups is 2. The van der Waals surface area contributed by atoms with Gasteiger partial charge in [0, 0.05) is 11.8 Å². The molecular weight excluding hydrogens is 268 g/mol. The highest BCUT2D eigenvalue weighted by molar-refractivity contribution is 7.13. The summed E-state index contributed by atoms with van der Waals surface area (Å²) >= 11 is 1.30. The first-order valence-corrected chi connectivity index (χ1v) is 6.54. The average Bonchev–Trinajstić information content (AvgIpc) is 2.99. The molecule has 19 heavy (non-hydrogen) atoms. The van der Waals surface area contributed by atoms with Crippen LogP contribution in [0.2, 0.25) is 0 Å². The number of thiazole rings is 1. The second kappa shape index (κ2) is 6.14. The van der Waals surface area contributed by atoms with E-state index in [1.54, 1.807) is 17.5 Å². The number of nitrogens with zero attached hydrogens (tertiary/aromatic N) is 1. The van der Waals surface area contributed by atoms with Gasteiger partial charge in [0.15, 0.2) is 10.9 Å². The molecule has 1 amide bonds. The Hall–Kier alpha value is -2.15. The van der Waals surface area contributed by atoms with Crippen molar-refractivity contribution in [2.24, 2.45) is 0 Å². The minimum absolute atomic E-state index is 0.117. The standard InChI is InChI=1S/C12H12N2O4S/c15-10(16)5-1-3-8-7-19-12(13-8)14-11(17)9-4-2-6-18-9/h2,4,6-7H,1,3,5H2,(H,15,16)(H,13,14,17). The van der Waals surface area contributed by atoms with Crippen LogP contribution in [0.3, 0.4) is 0 Å². The van der Waals surface area contributed by atoms with E-state index in [2.05, 4.69) is 10.3 Å². The molecule has 0 fully saturated rings. The highest BCUT2D eigenvalue weighted by Crippen LogP contribution is 2.18. The van der Waals surface area contributed by atoms with Gasteiger partial charge < -0.3 is 9.52 Å². The van der Waals surface area contributed by atoms with Gasteiger partial charge in [0.1, 0.15) is 0 Å². The van der Waals surface area contributed by atoms with Gasteiger partial charge >= 0.3 is 5.97 Å². The molecule has 0 aliphatic heterocycles. The van der Waals surface area contributed by atoms with Gasteiger partial charge in [0.05, 0.1) is 12.0 Å². The number of hydrogen-bond acceptors (Lipinski definition) is 5. The maximum atomic E-state index is 11.7. The Labute approximate surface area is 113 Å². The van der Waals surface area contributed by atoms with Gasteiger partial charge in [-0.15, -0.1) is 11.3 Å². The van der Waals surface area contributed by atoms with Crippen LogP contribution >= 0.6 is 11.3 Å². The first-order valence-electron chi connectivity index (χ1n) is 5.66. The minimum atomic E-state index is -0.818. The number of rotatable bonds is 6. The SMILES string of the molecule is O=C(O)CCCc1csc(NC(=O)c2ccco2)n1. The average molecular weight is 280 g/mol. The third kappa shape index (κ3) is 3.92. The van der Waals surface area contributed by atoms with E-state index in [1.165, 1.54) is 17.6 Å². The summed E-state index contributed by atoms with van der Waals surface area (Å²) in [4.78, 5) is 26.3. The molecule has 2 aromatic heterocycles. The number of carboxylic acid groups (broad SMARTS) is 1. The van der Waals surface area contributed by atoms with E-state index < -0.39 is 5.97 Å². The molecule has 2 rings (SSSR count). The number of hydrogen-bond donors (Lipinski definition) is 2. The molecule has 0 aliphatic carbocycles. The van der Waals surface area contributed by atoms with Crippen molar-refractivity contribution in [2.75, 3.05) is 5.32 Å². The van der Waals surface area contributed by atoms with Crippen LogP contribution < -0.4 is 5.32 Å². The summed E-state index contributed by atoms with van der Waals surface area (Å²) in [5.74, 6) is -0.944. The zero-order chi connectivity index (χ0) is 13.7. The van der Waals surface area contributed by atoms with Crippen molar-refractivity contribution in [3.05, 3.63) is 35.2 Å². The van der Waals surface area contributed by atoms with Crippen molar-refractivity contribution in [2.45, 2.75) is 19.3 Å². The van der Waals surface area contributed by atoms with Gasteiger partial charge in [-0.2, -0.15) is 0 Å². The van der Waals surface area contributed by atoms with E-state index in [4.69, 9.17) is 9.52 Å². The van der Waals surface area contributed by atoms with Crippen LogP contribution in [-0.2, 0) is 11.2 Å². The summed E-state index contributed by atoms with van der Waals surface area (Å²) in [5, 5.41) is 13.4. The molecule has 0 atom stereocenters. The number of carboxylic acids is 1. The maximum absolute atomic E-state index is 11.7. The van der Waals surface area contributed by atoms with Crippen LogP contribution in [0, 0.1) is 0 Å². The van der Waals surface area contributed by atoms with Crippen molar-refractivity contribution in [3.63, 3.8) is 0 Å². The van der Waals surface area contributed by atoms with E-state index >= 15 is 0 Å². The van der Waals surface area contributed by atoms with Gasteiger partial charge in [-0.3, -0.25) is 14.9 Å². The first kappa shape index (κ1) is 13.3. The number of furan rings is 1. The Morgan fingerprint density at radius 3 is 3.00 bits per heavy atom. The zero-order valence-electron chi connectivity index (χ0n) is 9.96. The van der Waals surface area contributed by atoms with E-state index in [1.807, 2.05) is 0 Å². The molecule has 0 spiro atoms. The molecule has 6 nitrogen and oxygen atoms in total. The Morgan fingerprint density at radius 1 is 1.47 bits per heavy atom. The van der Waals surface area contributed by atoms with Crippen molar-refractivity contribution in [1.29, 1.82) is 0 Å². The van der Waals surface area contributed by atoms with Gasteiger partial charge in [0.2, 0.25) is 0 Å². The number of aromatic nitrogens is 1. The monoisotopic (exact) mass is 280 g/mol. The predicted molar refractivity (Wildman–Crippen MR) is 69.3 cm³/mol. The fourth-order valence-corrected chi connectivity index (χ4v) is 2.21. The molecule has 0 saturated heterocycles. The van der Waals surface area contributed by atoms with Crippen LogP contribution in [0.25, 0.3) is 0 Å². The molecule has 2 heterocycles. The summed E-state index contributed by atoms with van der Waals surface area (Å²) in [6, 6.07) is 3.20. The minimum Gasteiger partial charge on any atom is -0.481 e. The zero-order valence-corrected chi connectivity index (χ0v) is 10.8. The van der Waals surface area contributed by atoms with Crippen LogP contribution in [0.1, 0.15) is 29.1 Å². The number of aryl methyl sites for hydroxylation is 1. The lowest BCUT2D eigenvalue weighted by atomic mass is 10.2. The number of carbonyl (C=O) groups excluding carboxylic acids is 1. The molecule has 2 aromatic rings. The van der Waals surface area contributed by atoms with Crippen LogP contribution in [-0.4, -0.2) is 22.0 Å². The van der Waals surface area contributed by atoms with E-state index in [9.17, 15) is 9.59 Å². The summed E-state index contributed by atoms with van der Waals surface area (Å²) < 4.78 is 4.97. The van der Waals surface area contributed by atoms with Gasteiger partial charge in [-0.1, -0.05) is 0 Å². The van der Waals surface area contributed by atoms with E-state index in [0.717, 1.165) is 5.69 Å². The highest BCUT2D eigenvalue weighted by Gasteiger charge is 2.11. The Kier molecular flexibility index (Phi) is 4.30. The summed E-state index contributed by atoms with van der Waals surface area (Å²) in [6.07, 6.45) is 2.66. The Morgan fingerprint density at radius 2 is 2.32 bits per heavy atom. The largest absolute Gasteiger partial charge is 0.481 e. The van der Waals surface area contributed by atoms with Crippen LogP contribution in [0.15, 0.2) is 28.2 Å². The van der Waals surface area contributed by atoms with Crippen molar-refractivity contribution >= 4 is 28.3 Å². The smallest absolute Gasteiger partial charge is 0.303 e. The quantitative estimate of drug-likeness (QED) is 0.847. The lowest BCUT2D eigenvalue weighted by molar-refractivity contribution is -0.137. The summed E-state index contributed by atoms with van der Waals surface area (Å²) in [5.41, 5.74) is 0.779. The van der Waals surface area contributed by atoms with Crippen molar-refractivity contribution < 1.29 is 19.1 Å². The second-order valence-corrected chi connectivity index (χ2v) is 4.68. The molecule has 0 aliphatic rings. The normalized spacial score (nSPS) is 10.3. The summed E-state index contributed by atoms with van der Waals surface area (Å²) in [7, 11) is 0. The number of amides is 1. The number of nitrogens with one attached hydrogen (secondary N) is 1. The summed E-state index contributed by atoms with van der Waals surface area (Å²) in [6.45, 7) is 0. The molecule has 7 heteroatoms. The Balaban J connectivity index is 1.87. The van der Waals surface area contributed by atoms with E-state index in [-0.39, 0.29) is 18.1 Å². The molecule has 0 unspecified atom stereocenters. The fraction of sp³-hybridized carbons (Fsp3) is 0.250. The molecular formula is C12H12N2O4S. The molecule has 2 N–H and O–H groups in total. The lowest BCUT2D eigenvalue weighted by Gasteiger charge is -1.97. The molecule has 100 valence electrons. The third-order valence-electron chi connectivity index (χ3n) is 2.34. The van der Waals surface area contributed by atoms with Crippen LogP contribution in [0.5, 0.6) is 0 Å².